The predicted octanol–water partition coefficient (Wildman–Crippen LogP) is 9.40. The summed E-state index contributed by atoms with van der Waals surface area (Å²) in [5.74, 6) is -1.02. The van der Waals surface area contributed by atoms with Gasteiger partial charge in [0.05, 0.1) is 10.9 Å². The molecule has 0 aliphatic heterocycles. The first-order valence-electron chi connectivity index (χ1n) is 16.1. The van der Waals surface area contributed by atoms with E-state index in [9.17, 15) is 14.4 Å². The Kier molecular flexibility index (Phi) is 11.3. The molecule has 0 bridgehead atoms. The number of anilines is 2. The van der Waals surface area contributed by atoms with Crippen molar-refractivity contribution in [2.45, 2.75) is 23.5 Å². The minimum Gasteiger partial charge on any atom is -0.321 e. The van der Waals surface area contributed by atoms with Gasteiger partial charge in [-0.05, 0) is 59.5 Å². The third-order valence-corrected chi connectivity index (χ3v) is 9.81. The lowest BCUT2D eigenvalue weighted by molar-refractivity contribution is -0.116. The predicted molar refractivity (Wildman–Crippen MR) is 205 cm³/mol. The van der Waals surface area contributed by atoms with Gasteiger partial charge in [0.15, 0.2) is 5.13 Å². The molecular weight excluding hydrogens is 661 g/mol. The van der Waals surface area contributed by atoms with Crippen LogP contribution in [0.15, 0.2) is 155 Å². The first kappa shape index (κ1) is 34.1. The molecule has 6 aromatic rings. The molecule has 1 unspecified atom stereocenters. The fourth-order valence-corrected chi connectivity index (χ4v) is 6.84. The van der Waals surface area contributed by atoms with E-state index >= 15 is 0 Å². The van der Waals surface area contributed by atoms with Gasteiger partial charge in [-0.1, -0.05) is 116 Å². The van der Waals surface area contributed by atoms with Crippen LogP contribution in [0.1, 0.15) is 29.3 Å². The highest BCUT2D eigenvalue weighted by Crippen LogP contribution is 2.30. The van der Waals surface area contributed by atoms with E-state index in [2.05, 4.69) is 20.9 Å². The fourth-order valence-electron chi connectivity index (χ4n) is 5.10. The van der Waals surface area contributed by atoms with Gasteiger partial charge in [-0.25, -0.2) is 4.98 Å². The minimum absolute atomic E-state index is 0.0912. The summed E-state index contributed by atoms with van der Waals surface area (Å²) in [5, 5.41) is 10.8. The number of aromatic nitrogens is 1. The number of thioether (sulfide) groups is 1. The van der Waals surface area contributed by atoms with Gasteiger partial charge in [-0.3, -0.25) is 14.4 Å². The second kappa shape index (κ2) is 16.6. The molecule has 0 aliphatic carbocycles. The average Bonchev–Trinajstić information content (AvgIpc) is 3.63. The van der Waals surface area contributed by atoms with Crippen LogP contribution in [0, 0.1) is 0 Å². The van der Waals surface area contributed by atoms with Crippen molar-refractivity contribution in [2.24, 2.45) is 0 Å². The monoisotopic (exact) mass is 694 g/mol. The molecule has 0 radical (unpaired) electrons. The van der Waals surface area contributed by atoms with E-state index in [1.54, 1.807) is 36.4 Å². The maximum absolute atomic E-state index is 13.7. The van der Waals surface area contributed by atoms with Crippen LogP contribution >= 0.6 is 23.1 Å². The number of nitrogens with zero attached hydrogens (tertiary/aromatic N) is 1. The Morgan fingerprint density at radius 3 is 2.06 bits per heavy atom. The third kappa shape index (κ3) is 9.02. The third-order valence-electron chi connectivity index (χ3n) is 7.69. The van der Waals surface area contributed by atoms with Gasteiger partial charge < -0.3 is 16.0 Å². The van der Waals surface area contributed by atoms with E-state index in [0.717, 1.165) is 32.8 Å². The molecule has 0 saturated carbocycles. The number of carbonyl (C=O) groups excluding carboxylic acids is 3. The van der Waals surface area contributed by atoms with E-state index in [1.165, 1.54) is 23.1 Å². The summed E-state index contributed by atoms with van der Waals surface area (Å²) in [6.45, 7) is 1.96. The summed E-state index contributed by atoms with van der Waals surface area (Å²) in [4.78, 5) is 45.5. The molecule has 0 saturated heterocycles. The van der Waals surface area contributed by atoms with Gasteiger partial charge in [0.1, 0.15) is 5.70 Å². The van der Waals surface area contributed by atoms with E-state index in [1.807, 2.05) is 121 Å². The minimum atomic E-state index is -0.480. The molecule has 50 heavy (non-hydrogen) atoms. The number of hydrogen-bond donors (Lipinski definition) is 3. The zero-order valence-electron chi connectivity index (χ0n) is 27.2. The molecule has 3 amide bonds. The van der Waals surface area contributed by atoms with Crippen molar-refractivity contribution in [3.63, 3.8) is 0 Å². The SMILES string of the molecule is CCC(Sc1cccc(NC(=O)/C(=C\c2ccc(-c3ccccc3)cc2)NC(=O)c2ccccc2)c1)C(=O)Nc1nc(-c2ccccc2)cs1. The number of carbonyl (C=O) groups is 3. The molecule has 1 aromatic heterocycles. The Labute approximate surface area is 299 Å². The van der Waals surface area contributed by atoms with Crippen molar-refractivity contribution in [3.8, 4) is 22.4 Å². The Morgan fingerprint density at radius 1 is 0.740 bits per heavy atom. The van der Waals surface area contributed by atoms with Crippen LogP contribution in [0.5, 0.6) is 0 Å². The van der Waals surface area contributed by atoms with Crippen molar-refractivity contribution in [1.29, 1.82) is 0 Å². The molecule has 248 valence electrons. The lowest BCUT2D eigenvalue weighted by atomic mass is 10.0. The van der Waals surface area contributed by atoms with Gasteiger partial charge in [0.25, 0.3) is 11.8 Å². The van der Waals surface area contributed by atoms with Crippen LogP contribution < -0.4 is 16.0 Å². The smallest absolute Gasteiger partial charge is 0.272 e. The van der Waals surface area contributed by atoms with Crippen molar-refractivity contribution in [3.05, 3.63) is 162 Å². The van der Waals surface area contributed by atoms with E-state index in [0.29, 0.717) is 22.8 Å². The second-order valence-corrected chi connectivity index (χ2v) is 13.4. The summed E-state index contributed by atoms with van der Waals surface area (Å²) in [5.41, 5.74) is 5.73. The van der Waals surface area contributed by atoms with Crippen LogP contribution in [0.2, 0.25) is 0 Å². The Bertz CT molecular complexity index is 2100. The van der Waals surface area contributed by atoms with Crippen LogP contribution in [0.25, 0.3) is 28.5 Å². The zero-order chi connectivity index (χ0) is 34.7. The summed E-state index contributed by atoms with van der Waals surface area (Å²) >= 11 is 2.79. The molecule has 0 aliphatic rings. The van der Waals surface area contributed by atoms with Gasteiger partial charge in [0, 0.05) is 27.1 Å². The maximum Gasteiger partial charge on any atom is 0.272 e. The van der Waals surface area contributed by atoms with Gasteiger partial charge in [0.2, 0.25) is 5.91 Å². The summed E-state index contributed by atoms with van der Waals surface area (Å²) in [7, 11) is 0. The largest absolute Gasteiger partial charge is 0.321 e. The number of hydrogen-bond acceptors (Lipinski definition) is 6. The number of benzene rings is 5. The van der Waals surface area contributed by atoms with Gasteiger partial charge >= 0.3 is 0 Å². The van der Waals surface area contributed by atoms with Crippen LogP contribution in [0.3, 0.4) is 0 Å². The molecule has 5 aromatic carbocycles. The van der Waals surface area contributed by atoms with Crippen molar-refractivity contribution >= 4 is 57.7 Å². The number of thiazole rings is 1. The fraction of sp³-hybridized carbons (Fsp3) is 0.0732. The van der Waals surface area contributed by atoms with Crippen LogP contribution in [0.4, 0.5) is 10.8 Å². The molecule has 1 heterocycles. The first-order valence-corrected chi connectivity index (χ1v) is 17.8. The number of rotatable bonds is 12. The van der Waals surface area contributed by atoms with E-state index < -0.39 is 11.8 Å². The Hall–Kier alpha value is -5.77. The summed E-state index contributed by atoms with van der Waals surface area (Å²) in [6.07, 6.45) is 2.24. The molecule has 7 nitrogen and oxygen atoms in total. The maximum atomic E-state index is 13.7. The second-order valence-electron chi connectivity index (χ2n) is 11.3. The highest BCUT2D eigenvalue weighted by Gasteiger charge is 2.21. The molecule has 3 N–H and O–H groups in total. The molecule has 1 atom stereocenters. The molecule has 6 rings (SSSR count). The summed E-state index contributed by atoms with van der Waals surface area (Å²) < 4.78 is 0. The molecule has 0 fully saturated rings. The number of amides is 3. The normalized spacial score (nSPS) is 11.7. The highest BCUT2D eigenvalue weighted by atomic mass is 32.2. The lowest BCUT2D eigenvalue weighted by Gasteiger charge is -2.15. The lowest BCUT2D eigenvalue weighted by Crippen LogP contribution is -2.30. The summed E-state index contributed by atoms with van der Waals surface area (Å²) in [6, 6.07) is 43.7. The Balaban J connectivity index is 1.16. The van der Waals surface area contributed by atoms with Crippen LogP contribution in [-0.2, 0) is 9.59 Å². The van der Waals surface area contributed by atoms with Gasteiger partial charge in [-0.15, -0.1) is 23.1 Å². The standard InChI is InChI=1S/C41H34N4O3S2/c1-2-37(40(48)45-41-44-36(27-49-41)31-15-8-4-9-16-31)50-34-20-12-19-33(26-34)42-39(47)35(43-38(46)32-17-10-5-11-18-32)25-28-21-23-30(24-22-28)29-13-6-3-7-14-29/h3-27,37H,2H2,1H3,(H,42,47)(H,43,46)(H,44,45,48)/b35-25+. The molecule has 9 heteroatoms. The van der Waals surface area contributed by atoms with E-state index in [4.69, 9.17) is 0 Å². The first-order chi connectivity index (χ1) is 24.4. The van der Waals surface area contributed by atoms with Crippen LogP contribution in [-0.4, -0.2) is 28.0 Å². The van der Waals surface area contributed by atoms with Crippen molar-refractivity contribution in [1.82, 2.24) is 10.3 Å². The van der Waals surface area contributed by atoms with Crippen molar-refractivity contribution in [2.75, 3.05) is 10.6 Å². The van der Waals surface area contributed by atoms with E-state index in [-0.39, 0.29) is 16.9 Å². The highest BCUT2D eigenvalue weighted by molar-refractivity contribution is 8.00. The number of nitrogens with one attached hydrogen (secondary N) is 3. The average molecular weight is 695 g/mol. The molecule has 0 spiro atoms. The molecular formula is C41H34N4O3S2. The van der Waals surface area contributed by atoms with Gasteiger partial charge in [-0.2, -0.15) is 0 Å². The van der Waals surface area contributed by atoms with Crippen molar-refractivity contribution < 1.29 is 14.4 Å². The Morgan fingerprint density at radius 2 is 1.38 bits per heavy atom. The topological polar surface area (TPSA) is 100 Å². The zero-order valence-corrected chi connectivity index (χ0v) is 28.8. The quantitative estimate of drug-likeness (QED) is 0.0876.